The predicted octanol–water partition coefficient (Wildman–Crippen LogP) is 0.0176. The van der Waals surface area contributed by atoms with E-state index in [4.69, 9.17) is 20.4 Å². The molecule has 92 valence electrons. The Kier molecular flexibility index (Phi) is 9.04. The van der Waals surface area contributed by atoms with Gasteiger partial charge >= 0.3 is 11.9 Å². The second kappa shape index (κ2) is 8.63. The number of aliphatic hydroxyl groups is 2. The highest BCUT2D eigenvalue weighted by Gasteiger charge is 2.08. The Morgan fingerprint density at radius 1 is 1.19 bits per heavy atom. The number of carbonyl (C=O) groups is 2. The van der Waals surface area contributed by atoms with E-state index in [9.17, 15) is 9.59 Å². The Labute approximate surface area is 93.2 Å². The van der Waals surface area contributed by atoms with E-state index in [2.05, 4.69) is 13.2 Å². The van der Waals surface area contributed by atoms with E-state index in [0.717, 1.165) is 0 Å². The van der Waals surface area contributed by atoms with Crippen molar-refractivity contribution in [1.29, 1.82) is 0 Å². The summed E-state index contributed by atoms with van der Waals surface area (Å²) in [7, 11) is 0. The number of rotatable bonds is 5. The first kappa shape index (κ1) is 16.8. The third kappa shape index (κ3) is 8.92. The van der Waals surface area contributed by atoms with Crippen molar-refractivity contribution in [2.45, 2.75) is 19.4 Å². The molecule has 6 heteroatoms. The fraction of sp³-hybridized carbons (Fsp3) is 0.400. The topological polar surface area (TPSA) is 115 Å². The molecule has 0 rings (SSSR count). The number of aliphatic carboxylic acids is 2. The zero-order valence-corrected chi connectivity index (χ0v) is 9.01. The molecule has 0 amide bonds. The molecule has 0 saturated heterocycles. The summed E-state index contributed by atoms with van der Waals surface area (Å²) in [5.41, 5.74) is -0.127. The van der Waals surface area contributed by atoms with Crippen LogP contribution in [0.25, 0.3) is 0 Å². The highest BCUT2D eigenvalue weighted by molar-refractivity contribution is 5.86. The number of carboxylic acid groups (broad SMARTS) is 2. The Hall–Kier alpha value is -1.66. The molecule has 0 aromatic carbocycles. The number of aliphatic hydroxyl groups excluding tert-OH is 2. The summed E-state index contributed by atoms with van der Waals surface area (Å²) in [4.78, 5) is 19.8. The molecular formula is C10H16O6. The van der Waals surface area contributed by atoms with Gasteiger partial charge in [-0.2, -0.15) is 0 Å². The fourth-order valence-corrected chi connectivity index (χ4v) is 0.421. The third-order valence-corrected chi connectivity index (χ3v) is 1.50. The van der Waals surface area contributed by atoms with Gasteiger partial charge in [0.1, 0.15) is 0 Å². The summed E-state index contributed by atoms with van der Waals surface area (Å²) in [6, 6.07) is 0. The van der Waals surface area contributed by atoms with Gasteiger partial charge in [-0.1, -0.05) is 13.2 Å². The van der Waals surface area contributed by atoms with Crippen molar-refractivity contribution >= 4 is 11.9 Å². The molecule has 0 aromatic heterocycles. The molecule has 6 nitrogen and oxygen atoms in total. The normalized spacial score (nSPS) is 10.7. The van der Waals surface area contributed by atoms with Gasteiger partial charge in [0, 0.05) is 18.6 Å². The monoisotopic (exact) mass is 232 g/mol. The zero-order chi connectivity index (χ0) is 13.3. The largest absolute Gasteiger partial charge is 0.478 e. The SMILES string of the molecule is C=C(C(=O)O)C(C)O.C=C(CCO)C(=O)O. The molecule has 4 N–H and O–H groups in total. The Balaban J connectivity index is 0. The van der Waals surface area contributed by atoms with Gasteiger partial charge in [-0.25, -0.2) is 9.59 Å². The van der Waals surface area contributed by atoms with Crippen LogP contribution in [-0.2, 0) is 9.59 Å². The first-order valence-corrected chi connectivity index (χ1v) is 4.36. The van der Waals surface area contributed by atoms with Crippen LogP contribution in [0.2, 0.25) is 0 Å². The maximum absolute atomic E-state index is 9.88. The lowest BCUT2D eigenvalue weighted by Gasteiger charge is -1.99. The van der Waals surface area contributed by atoms with Crippen molar-refractivity contribution in [2.24, 2.45) is 0 Å². The van der Waals surface area contributed by atoms with Gasteiger partial charge in [0.05, 0.1) is 11.7 Å². The van der Waals surface area contributed by atoms with Gasteiger partial charge in [-0.15, -0.1) is 0 Å². The lowest BCUT2D eigenvalue weighted by molar-refractivity contribution is -0.134. The van der Waals surface area contributed by atoms with E-state index >= 15 is 0 Å². The van der Waals surface area contributed by atoms with Crippen molar-refractivity contribution in [3.05, 3.63) is 24.3 Å². The van der Waals surface area contributed by atoms with Crippen LogP contribution < -0.4 is 0 Å². The second-order valence-corrected chi connectivity index (χ2v) is 2.89. The Morgan fingerprint density at radius 3 is 1.69 bits per heavy atom. The molecule has 0 aromatic rings. The minimum Gasteiger partial charge on any atom is -0.478 e. The lowest BCUT2D eigenvalue weighted by atomic mass is 10.2. The van der Waals surface area contributed by atoms with Crippen LogP contribution in [0.1, 0.15) is 13.3 Å². The first-order valence-electron chi connectivity index (χ1n) is 4.36. The van der Waals surface area contributed by atoms with Crippen molar-refractivity contribution in [3.8, 4) is 0 Å². The van der Waals surface area contributed by atoms with Crippen LogP contribution in [-0.4, -0.2) is 45.1 Å². The van der Waals surface area contributed by atoms with Crippen LogP contribution in [0.4, 0.5) is 0 Å². The molecule has 0 aliphatic heterocycles. The average Bonchev–Trinajstić information content (AvgIpc) is 2.17. The van der Waals surface area contributed by atoms with Gasteiger partial charge in [0.15, 0.2) is 0 Å². The van der Waals surface area contributed by atoms with Gasteiger partial charge in [-0.3, -0.25) is 0 Å². The molecule has 0 fully saturated rings. The molecule has 0 aliphatic rings. The van der Waals surface area contributed by atoms with E-state index in [1.165, 1.54) is 6.92 Å². The quantitative estimate of drug-likeness (QED) is 0.496. The smallest absolute Gasteiger partial charge is 0.333 e. The second-order valence-electron chi connectivity index (χ2n) is 2.89. The molecule has 0 spiro atoms. The van der Waals surface area contributed by atoms with E-state index in [0.29, 0.717) is 0 Å². The van der Waals surface area contributed by atoms with Crippen LogP contribution >= 0.6 is 0 Å². The average molecular weight is 232 g/mol. The van der Waals surface area contributed by atoms with Gasteiger partial charge in [0.2, 0.25) is 0 Å². The maximum Gasteiger partial charge on any atom is 0.333 e. The lowest BCUT2D eigenvalue weighted by Crippen LogP contribution is -2.11. The summed E-state index contributed by atoms with van der Waals surface area (Å²) < 4.78 is 0. The van der Waals surface area contributed by atoms with Crippen molar-refractivity contribution in [1.82, 2.24) is 0 Å². The predicted molar refractivity (Wildman–Crippen MR) is 56.9 cm³/mol. The molecule has 1 unspecified atom stereocenters. The molecule has 0 bridgehead atoms. The summed E-state index contributed by atoms with van der Waals surface area (Å²) in [5, 5.41) is 32.9. The van der Waals surface area contributed by atoms with E-state index in [1.54, 1.807) is 0 Å². The maximum atomic E-state index is 9.88. The number of carboxylic acids is 2. The fourth-order valence-electron chi connectivity index (χ4n) is 0.421. The Morgan fingerprint density at radius 2 is 1.62 bits per heavy atom. The van der Waals surface area contributed by atoms with Crippen molar-refractivity contribution in [2.75, 3.05) is 6.61 Å². The zero-order valence-electron chi connectivity index (χ0n) is 9.01. The first-order chi connectivity index (χ1) is 7.23. The minimum absolute atomic E-state index is 0.0486. The van der Waals surface area contributed by atoms with Gasteiger partial charge in [-0.05, 0) is 6.92 Å². The van der Waals surface area contributed by atoms with E-state index in [1.807, 2.05) is 0 Å². The van der Waals surface area contributed by atoms with Gasteiger partial charge in [0.25, 0.3) is 0 Å². The molecule has 0 saturated carbocycles. The van der Waals surface area contributed by atoms with E-state index in [-0.39, 0.29) is 24.2 Å². The van der Waals surface area contributed by atoms with Gasteiger partial charge < -0.3 is 20.4 Å². The molecular weight excluding hydrogens is 216 g/mol. The molecule has 1 atom stereocenters. The number of hydrogen-bond acceptors (Lipinski definition) is 4. The van der Waals surface area contributed by atoms with Crippen molar-refractivity contribution in [3.63, 3.8) is 0 Å². The summed E-state index contributed by atoms with van der Waals surface area (Å²) in [5.74, 6) is -2.20. The molecule has 16 heavy (non-hydrogen) atoms. The van der Waals surface area contributed by atoms with Crippen LogP contribution in [0.3, 0.4) is 0 Å². The summed E-state index contributed by atoms with van der Waals surface area (Å²) in [6.45, 7) is 7.50. The highest BCUT2D eigenvalue weighted by Crippen LogP contribution is 1.95. The van der Waals surface area contributed by atoms with Crippen LogP contribution in [0.5, 0.6) is 0 Å². The molecule has 0 aliphatic carbocycles. The standard InChI is InChI=1S/2C5H8O3/c1-4(2-3-6)5(7)8;1-3(4(2)6)5(7)8/h6H,1-3H2,(H,7,8);4,6H,1H2,2H3,(H,7,8). The molecule has 0 radical (unpaired) electrons. The van der Waals surface area contributed by atoms with Crippen LogP contribution in [0, 0.1) is 0 Å². The number of hydrogen-bond donors (Lipinski definition) is 4. The highest BCUT2D eigenvalue weighted by atomic mass is 16.4. The Bertz CT molecular complexity index is 279. The van der Waals surface area contributed by atoms with E-state index < -0.39 is 18.0 Å². The molecule has 0 heterocycles. The summed E-state index contributed by atoms with van der Waals surface area (Å²) in [6.07, 6.45) is -0.803. The van der Waals surface area contributed by atoms with Crippen molar-refractivity contribution < 1.29 is 30.0 Å². The van der Waals surface area contributed by atoms with Crippen LogP contribution in [0.15, 0.2) is 24.3 Å². The third-order valence-electron chi connectivity index (χ3n) is 1.50. The summed E-state index contributed by atoms with van der Waals surface area (Å²) >= 11 is 0. The minimum atomic E-state index is -1.15.